The number of rotatable bonds is 11. The van der Waals surface area contributed by atoms with Gasteiger partial charge in [0.1, 0.15) is 11.5 Å². The fourth-order valence-electron chi connectivity index (χ4n) is 3.41. The Bertz CT molecular complexity index is 1130. The second-order valence-corrected chi connectivity index (χ2v) is 7.32. The molecule has 1 heterocycles. The molecule has 8 nitrogen and oxygen atoms in total. The lowest BCUT2D eigenvalue weighted by atomic mass is 10.1. The van der Waals surface area contributed by atoms with Gasteiger partial charge in [-0.3, -0.25) is 9.59 Å². The SMILES string of the molecule is CCN(CC)c1cccc(OCC(=O)NCCn2nc(-c3cccc(OC)c3)ccc2=O)c1. The first kappa shape index (κ1) is 23.8. The van der Waals surface area contributed by atoms with Gasteiger partial charge in [-0.25, -0.2) is 4.68 Å². The number of hydrogen-bond donors (Lipinski definition) is 1. The van der Waals surface area contributed by atoms with E-state index >= 15 is 0 Å². The molecule has 0 saturated heterocycles. The van der Waals surface area contributed by atoms with Crippen LogP contribution in [0.1, 0.15) is 13.8 Å². The van der Waals surface area contributed by atoms with Crippen LogP contribution in [0.3, 0.4) is 0 Å². The minimum absolute atomic E-state index is 0.103. The number of nitrogens with one attached hydrogen (secondary N) is 1. The number of amides is 1. The molecule has 8 heteroatoms. The lowest BCUT2D eigenvalue weighted by Gasteiger charge is -2.21. The van der Waals surface area contributed by atoms with Crippen LogP contribution < -0.4 is 25.2 Å². The van der Waals surface area contributed by atoms with Crippen molar-refractivity contribution in [3.8, 4) is 22.8 Å². The minimum Gasteiger partial charge on any atom is -0.497 e. The standard InChI is InChI=1S/C25H30N4O4/c1-4-28(5-2)20-9-7-11-22(17-20)33-18-24(30)26-14-15-29-25(31)13-12-23(27-29)19-8-6-10-21(16-19)32-3/h6-13,16-17H,4-5,14-15,18H2,1-3H3,(H,26,30). The molecule has 0 aliphatic rings. The first-order valence-electron chi connectivity index (χ1n) is 11.0. The molecule has 0 aliphatic heterocycles. The van der Waals surface area contributed by atoms with Gasteiger partial charge in [0.05, 0.1) is 19.3 Å². The molecular formula is C25H30N4O4. The average molecular weight is 451 g/mol. The summed E-state index contributed by atoms with van der Waals surface area (Å²) in [5, 5.41) is 7.18. The molecule has 1 aromatic heterocycles. The van der Waals surface area contributed by atoms with Crippen molar-refractivity contribution in [2.75, 3.05) is 38.3 Å². The highest BCUT2D eigenvalue weighted by molar-refractivity contribution is 5.77. The average Bonchev–Trinajstić information content (AvgIpc) is 2.85. The Morgan fingerprint density at radius 2 is 1.79 bits per heavy atom. The maximum absolute atomic E-state index is 12.2. The summed E-state index contributed by atoms with van der Waals surface area (Å²) in [7, 11) is 1.60. The fraction of sp³-hybridized carbons (Fsp3) is 0.320. The smallest absolute Gasteiger partial charge is 0.266 e. The summed E-state index contributed by atoms with van der Waals surface area (Å²) < 4.78 is 12.2. The topological polar surface area (TPSA) is 85.7 Å². The number of benzene rings is 2. The lowest BCUT2D eigenvalue weighted by molar-refractivity contribution is -0.123. The number of carbonyl (C=O) groups excluding carboxylic acids is 1. The van der Waals surface area contributed by atoms with E-state index in [4.69, 9.17) is 9.47 Å². The first-order chi connectivity index (χ1) is 16.0. The summed E-state index contributed by atoms with van der Waals surface area (Å²) in [5.74, 6) is 1.08. The van der Waals surface area contributed by atoms with Crippen LogP contribution in [0.15, 0.2) is 65.5 Å². The van der Waals surface area contributed by atoms with Gasteiger partial charge in [0, 0.05) is 43.0 Å². The Hall–Kier alpha value is -3.81. The van der Waals surface area contributed by atoms with Gasteiger partial charge in [-0.05, 0) is 44.2 Å². The molecule has 0 atom stereocenters. The maximum Gasteiger partial charge on any atom is 0.266 e. The molecule has 33 heavy (non-hydrogen) atoms. The summed E-state index contributed by atoms with van der Waals surface area (Å²) in [6.07, 6.45) is 0. The molecule has 174 valence electrons. The lowest BCUT2D eigenvalue weighted by Crippen LogP contribution is -2.34. The van der Waals surface area contributed by atoms with E-state index in [0.717, 1.165) is 24.3 Å². The van der Waals surface area contributed by atoms with Crippen LogP contribution in [0.5, 0.6) is 11.5 Å². The Morgan fingerprint density at radius 3 is 2.55 bits per heavy atom. The van der Waals surface area contributed by atoms with E-state index in [-0.39, 0.29) is 31.2 Å². The number of methoxy groups -OCH3 is 1. The van der Waals surface area contributed by atoms with Crippen LogP contribution in [0.2, 0.25) is 0 Å². The second-order valence-electron chi connectivity index (χ2n) is 7.32. The third-order valence-corrected chi connectivity index (χ3v) is 5.19. The van der Waals surface area contributed by atoms with Crippen molar-refractivity contribution in [1.82, 2.24) is 15.1 Å². The van der Waals surface area contributed by atoms with Crippen molar-refractivity contribution < 1.29 is 14.3 Å². The molecule has 0 unspecified atom stereocenters. The van der Waals surface area contributed by atoms with E-state index in [1.165, 1.54) is 10.7 Å². The van der Waals surface area contributed by atoms with Gasteiger partial charge in [-0.15, -0.1) is 0 Å². The largest absolute Gasteiger partial charge is 0.497 e. The molecule has 0 radical (unpaired) electrons. The monoisotopic (exact) mass is 450 g/mol. The number of nitrogens with zero attached hydrogens (tertiary/aromatic N) is 3. The Labute approximate surface area is 193 Å². The zero-order valence-electron chi connectivity index (χ0n) is 19.3. The quantitative estimate of drug-likeness (QED) is 0.483. The van der Waals surface area contributed by atoms with Crippen molar-refractivity contribution in [2.45, 2.75) is 20.4 Å². The predicted molar refractivity (Wildman–Crippen MR) is 129 cm³/mol. The summed E-state index contributed by atoms with van der Waals surface area (Å²) in [5.41, 5.74) is 2.31. The first-order valence-corrected chi connectivity index (χ1v) is 11.0. The highest BCUT2D eigenvalue weighted by atomic mass is 16.5. The highest BCUT2D eigenvalue weighted by Crippen LogP contribution is 2.22. The van der Waals surface area contributed by atoms with Crippen molar-refractivity contribution in [1.29, 1.82) is 0 Å². The molecule has 3 aromatic rings. The number of ether oxygens (including phenoxy) is 2. The molecular weight excluding hydrogens is 420 g/mol. The summed E-state index contributed by atoms with van der Waals surface area (Å²) in [6, 6.07) is 18.3. The van der Waals surface area contributed by atoms with E-state index in [1.54, 1.807) is 13.2 Å². The van der Waals surface area contributed by atoms with E-state index in [0.29, 0.717) is 17.2 Å². The normalized spacial score (nSPS) is 10.5. The van der Waals surface area contributed by atoms with E-state index < -0.39 is 0 Å². The summed E-state index contributed by atoms with van der Waals surface area (Å²) >= 11 is 0. The van der Waals surface area contributed by atoms with Crippen LogP contribution in [0.4, 0.5) is 5.69 Å². The molecule has 1 N–H and O–H groups in total. The van der Waals surface area contributed by atoms with Gasteiger partial charge in [0.25, 0.3) is 11.5 Å². The van der Waals surface area contributed by atoms with Crippen molar-refractivity contribution in [3.63, 3.8) is 0 Å². The highest BCUT2D eigenvalue weighted by Gasteiger charge is 2.08. The summed E-state index contributed by atoms with van der Waals surface area (Å²) in [6.45, 7) is 6.39. The number of anilines is 1. The molecule has 0 spiro atoms. The van der Waals surface area contributed by atoms with E-state index in [9.17, 15) is 9.59 Å². The molecule has 0 bridgehead atoms. The molecule has 1 amide bonds. The van der Waals surface area contributed by atoms with Crippen molar-refractivity contribution >= 4 is 11.6 Å². The van der Waals surface area contributed by atoms with Gasteiger partial charge in [0.15, 0.2) is 6.61 Å². The van der Waals surface area contributed by atoms with E-state index in [2.05, 4.69) is 29.2 Å². The fourth-order valence-corrected chi connectivity index (χ4v) is 3.41. The molecule has 3 rings (SSSR count). The maximum atomic E-state index is 12.2. The van der Waals surface area contributed by atoms with Crippen LogP contribution in [0, 0.1) is 0 Å². The van der Waals surface area contributed by atoms with E-state index in [1.807, 2.05) is 48.5 Å². The Morgan fingerprint density at radius 1 is 1.03 bits per heavy atom. The number of hydrogen-bond acceptors (Lipinski definition) is 6. The Kier molecular flexibility index (Phi) is 8.46. The van der Waals surface area contributed by atoms with Crippen molar-refractivity contribution in [3.05, 3.63) is 71.0 Å². The predicted octanol–water partition coefficient (Wildman–Crippen LogP) is 2.96. The number of aromatic nitrogens is 2. The van der Waals surface area contributed by atoms with Gasteiger partial charge in [0.2, 0.25) is 0 Å². The molecule has 2 aromatic carbocycles. The van der Waals surface area contributed by atoms with Crippen LogP contribution in [-0.2, 0) is 11.3 Å². The van der Waals surface area contributed by atoms with Gasteiger partial charge in [-0.2, -0.15) is 5.10 Å². The Balaban J connectivity index is 1.53. The van der Waals surface area contributed by atoms with Gasteiger partial charge < -0.3 is 19.7 Å². The third kappa shape index (κ3) is 6.58. The zero-order chi connectivity index (χ0) is 23.6. The van der Waals surface area contributed by atoms with Crippen LogP contribution in [-0.4, -0.2) is 49.0 Å². The molecule has 0 aliphatic carbocycles. The van der Waals surface area contributed by atoms with Crippen molar-refractivity contribution in [2.24, 2.45) is 0 Å². The van der Waals surface area contributed by atoms with Crippen LogP contribution >= 0.6 is 0 Å². The van der Waals surface area contributed by atoms with Crippen LogP contribution in [0.25, 0.3) is 11.3 Å². The third-order valence-electron chi connectivity index (χ3n) is 5.19. The summed E-state index contributed by atoms with van der Waals surface area (Å²) in [4.78, 5) is 26.6. The second kappa shape index (κ2) is 11.7. The van der Waals surface area contributed by atoms with Gasteiger partial charge >= 0.3 is 0 Å². The zero-order valence-corrected chi connectivity index (χ0v) is 19.3. The molecule has 0 saturated carbocycles. The molecule has 0 fully saturated rings. The van der Waals surface area contributed by atoms with Gasteiger partial charge in [-0.1, -0.05) is 18.2 Å². The minimum atomic E-state index is -0.264. The number of carbonyl (C=O) groups is 1.